The van der Waals surface area contributed by atoms with E-state index in [2.05, 4.69) is 6.92 Å². The molecule has 0 fully saturated rings. The maximum Gasteiger partial charge on any atom is 0.202 e. The molecule has 0 aromatic carbocycles. The van der Waals surface area contributed by atoms with Crippen LogP contribution in [0.3, 0.4) is 0 Å². The Bertz CT molecular complexity index is 125. The summed E-state index contributed by atoms with van der Waals surface area (Å²) in [4.78, 5) is 10.2. The summed E-state index contributed by atoms with van der Waals surface area (Å²) < 4.78 is 0. The molecule has 0 aliphatic carbocycles. The molecule has 2 heteroatoms. The van der Waals surface area contributed by atoms with Gasteiger partial charge in [-0.25, -0.2) is 0 Å². The molecule has 1 atom stereocenters. The lowest BCUT2D eigenvalue weighted by molar-refractivity contribution is 0.538. The molecule has 1 nitrogen and oxygen atoms in total. The largest absolute Gasteiger partial charge is 0.291 e. The summed E-state index contributed by atoms with van der Waals surface area (Å²) in [7, 11) is 0. The highest BCUT2D eigenvalue weighted by Crippen LogP contribution is 2.11. The average Bonchev–Trinajstić information content (AvgIpc) is 2.21. The molecule has 0 aliphatic rings. The third-order valence-corrected chi connectivity index (χ3v) is 3.52. The molecule has 0 spiro atoms. The molecule has 0 saturated carbocycles. The van der Waals surface area contributed by atoms with Gasteiger partial charge in [-0.1, -0.05) is 46.0 Å². The molecule has 0 bridgehead atoms. The second-order valence-electron chi connectivity index (χ2n) is 3.86. The van der Waals surface area contributed by atoms with Crippen LogP contribution in [-0.2, 0) is 4.79 Å². The second kappa shape index (κ2) is 11.1. The molecule has 0 saturated heterocycles. The summed E-state index contributed by atoms with van der Waals surface area (Å²) in [6.07, 6.45) is 10.1. The Morgan fingerprint density at radius 3 is 2.43 bits per heavy atom. The van der Waals surface area contributed by atoms with Crippen molar-refractivity contribution in [3.05, 3.63) is 0 Å². The summed E-state index contributed by atoms with van der Waals surface area (Å²) in [6, 6.07) is 0. The van der Waals surface area contributed by atoms with Crippen molar-refractivity contribution >= 4 is 18.0 Å². The molecule has 0 aromatic heterocycles. The third-order valence-electron chi connectivity index (χ3n) is 2.21. The number of hydrogen-bond acceptors (Lipinski definition) is 2. The van der Waals surface area contributed by atoms with Gasteiger partial charge in [0.2, 0.25) is 6.29 Å². The van der Waals surface area contributed by atoms with Crippen molar-refractivity contribution in [2.24, 2.45) is 5.92 Å². The van der Waals surface area contributed by atoms with Gasteiger partial charge in [0.05, 0.1) is 0 Å². The van der Waals surface area contributed by atoms with Gasteiger partial charge in [0.1, 0.15) is 0 Å². The van der Waals surface area contributed by atoms with Gasteiger partial charge in [0.15, 0.2) is 0 Å². The van der Waals surface area contributed by atoms with Crippen LogP contribution in [0.25, 0.3) is 0 Å². The predicted octanol–water partition coefficient (Wildman–Crippen LogP) is 3.83. The minimum Gasteiger partial charge on any atom is -0.291 e. The van der Waals surface area contributed by atoms with E-state index in [1.807, 2.05) is 25.0 Å². The van der Waals surface area contributed by atoms with Crippen molar-refractivity contribution < 1.29 is 4.79 Å². The summed E-state index contributed by atoms with van der Waals surface area (Å²) in [5, 5.41) is 0. The van der Waals surface area contributed by atoms with Crippen molar-refractivity contribution in [3.8, 4) is 0 Å². The molecular formula is C12H23OS. The van der Waals surface area contributed by atoms with E-state index in [9.17, 15) is 4.79 Å². The predicted molar refractivity (Wildman–Crippen MR) is 65.6 cm³/mol. The third kappa shape index (κ3) is 10.1. The number of carbonyl (C=O) groups excluding carboxylic acids is 1. The molecule has 1 unspecified atom stereocenters. The molecule has 0 rings (SSSR count). The Balaban J connectivity index is 2.95. The number of thioether (sulfide) groups is 1. The standard InChI is InChI=1S/C12H23OS/c1-3-4-5-6-7-8-9-14-11-12(2)10-13/h12H,3-9,11H2,1-2H3. The Morgan fingerprint density at radius 2 is 1.79 bits per heavy atom. The van der Waals surface area contributed by atoms with Crippen molar-refractivity contribution in [1.29, 1.82) is 0 Å². The zero-order chi connectivity index (χ0) is 10.6. The molecule has 0 aliphatic heterocycles. The Kier molecular flexibility index (Phi) is 11.1. The van der Waals surface area contributed by atoms with E-state index in [1.54, 1.807) is 0 Å². The quantitative estimate of drug-likeness (QED) is 0.515. The number of hydrogen-bond donors (Lipinski definition) is 0. The molecule has 0 amide bonds. The minimum absolute atomic E-state index is 0.111. The lowest BCUT2D eigenvalue weighted by Gasteiger charge is -2.02. The molecule has 0 aromatic rings. The van der Waals surface area contributed by atoms with E-state index >= 15 is 0 Å². The summed E-state index contributed by atoms with van der Waals surface area (Å²) in [5.74, 6) is 2.26. The average molecular weight is 215 g/mol. The van der Waals surface area contributed by atoms with Crippen LogP contribution in [0, 0.1) is 5.92 Å². The van der Waals surface area contributed by atoms with Crippen LogP contribution in [0.5, 0.6) is 0 Å². The second-order valence-corrected chi connectivity index (χ2v) is 5.01. The molecule has 83 valence electrons. The normalized spacial score (nSPS) is 12.7. The number of rotatable bonds is 10. The zero-order valence-corrected chi connectivity index (χ0v) is 10.4. The van der Waals surface area contributed by atoms with Crippen molar-refractivity contribution in [2.45, 2.75) is 52.4 Å². The highest BCUT2D eigenvalue weighted by Gasteiger charge is 1.99. The monoisotopic (exact) mass is 215 g/mol. The van der Waals surface area contributed by atoms with Gasteiger partial charge >= 0.3 is 0 Å². The van der Waals surface area contributed by atoms with Crippen molar-refractivity contribution in [3.63, 3.8) is 0 Å². The first kappa shape index (κ1) is 14.0. The summed E-state index contributed by atoms with van der Waals surface area (Å²) in [6.45, 7) is 4.18. The van der Waals surface area contributed by atoms with Gasteiger partial charge < -0.3 is 0 Å². The molecule has 0 N–H and O–H groups in total. The van der Waals surface area contributed by atoms with Crippen LogP contribution >= 0.6 is 11.8 Å². The van der Waals surface area contributed by atoms with Crippen LogP contribution in [0.1, 0.15) is 52.4 Å². The van der Waals surface area contributed by atoms with Gasteiger partial charge in [-0.15, -0.1) is 0 Å². The summed E-state index contributed by atoms with van der Waals surface area (Å²) >= 11 is 1.89. The van der Waals surface area contributed by atoms with Crippen LogP contribution < -0.4 is 0 Å². The first-order chi connectivity index (χ1) is 6.81. The van der Waals surface area contributed by atoms with Crippen LogP contribution in [0.4, 0.5) is 0 Å². The first-order valence-electron chi connectivity index (χ1n) is 5.76. The van der Waals surface area contributed by atoms with E-state index in [0.717, 1.165) is 5.75 Å². The highest BCUT2D eigenvalue weighted by molar-refractivity contribution is 7.99. The fourth-order valence-corrected chi connectivity index (χ4v) is 2.28. The maximum atomic E-state index is 10.2. The Hall–Kier alpha value is 0.0200. The minimum atomic E-state index is 0.111. The van der Waals surface area contributed by atoms with Crippen LogP contribution in [0.15, 0.2) is 0 Å². The Morgan fingerprint density at radius 1 is 1.14 bits per heavy atom. The summed E-state index contributed by atoms with van der Waals surface area (Å²) in [5.41, 5.74) is 0. The van der Waals surface area contributed by atoms with E-state index in [1.165, 1.54) is 44.3 Å². The fraction of sp³-hybridized carbons (Fsp3) is 0.917. The SMILES string of the molecule is CCCCCCCCSCC(C)[C]=O. The zero-order valence-electron chi connectivity index (χ0n) is 9.55. The maximum absolute atomic E-state index is 10.2. The molecule has 1 radical (unpaired) electrons. The van der Waals surface area contributed by atoms with Gasteiger partial charge in [-0.3, -0.25) is 4.79 Å². The van der Waals surface area contributed by atoms with Crippen molar-refractivity contribution in [1.82, 2.24) is 0 Å². The Labute approximate surface area is 93.0 Å². The van der Waals surface area contributed by atoms with Crippen LogP contribution in [-0.4, -0.2) is 17.8 Å². The topological polar surface area (TPSA) is 17.1 Å². The molecule has 0 heterocycles. The lowest BCUT2D eigenvalue weighted by atomic mass is 10.1. The van der Waals surface area contributed by atoms with Gasteiger partial charge in [0.25, 0.3) is 0 Å². The van der Waals surface area contributed by atoms with E-state index in [-0.39, 0.29) is 5.92 Å². The molecule has 14 heavy (non-hydrogen) atoms. The smallest absolute Gasteiger partial charge is 0.202 e. The number of unbranched alkanes of at least 4 members (excludes halogenated alkanes) is 5. The van der Waals surface area contributed by atoms with Gasteiger partial charge in [-0.05, 0) is 12.2 Å². The van der Waals surface area contributed by atoms with Crippen LogP contribution in [0.2, 0.25) is 0 Å². The lowest BCUT2D eigenvalue weighted by Crippen LogP contribution is -1.99. The molecular weight excluding hydrogens is 192 g/mol. The van der Waals surface area contributed by atoms with Crippen molar-refractivity contribution in [2.75, 3.05) is 11.5 Å². The van der Waals surface area contributed by atoms with E-state index in [4.69, 9.17) is 0 Å². The fourth-order valence-electron chi connectivity index (χ4n) is 1.28. The van der Waals surface area contributed by atoms with E-state index in [0.29, 0.717) is 0 Å². The van der Waals surface area contributed by atoms with E-state index < -0.39 is 0 Å². The first-order valence-corrected chi connectivity index (χ1v) is 6.92. The highest BCUT2D eigenvalue weighted by atomic mass is 32.2. The van der Waals surface area contributed by atoms with Gasteiger partial charge in [-0.2, -0.15) is 11.8 Å². The van der Waals surface area contributed by atoms with Gasteiger partial charge in [0, 0.05) is 11.7 Å².